The van der Waals surface area contributed by atoms with Gasteiger partial charge in [-0.05, 0) is 41.7 Å². The highest BCUT2D eigenvalue weighted by Gasteiger charge is 2.25. The van der Waals surface area contributed by atoms with Crippen LogP contribution in [-0.2, 0) is 0 Å². The van der Waals surface area contributed by atoms with Gasteiger partial charge in [-0.15, -0.1) is 0 Å². The average molecular weight is 437 g/mol. The molecule has 0 aromatic heterocycles. The van der Waals surface area contributed by atoms with E-state index >= 15 is 0 Å². The molecule has 0 saturated heterocycles. The van der Waals surface area contributed by atoms with Gasteiger partial charge in [0, 0.05) is 4.83 Å². The molecule has 1 fully saturated rings. The number of hydrogen-bond acceptors (Lipinski definition) is 0. The predicted octanol–water partition coefficient (Wildman–Crippen LogP) is 6.46. The lowest BCUT2D eigenvalue weighted by Gasteiger charge is -2.25. The molecule has 1 saturated carbocycles. The van der Waals surface area contributed by atoms with Crippen molar-refractivity contribution < 1.29 is 0 Å². The van der Waals surface area contributed by atoms with Crippen LogP contribution in [0.5, 0.6) is 0 Å². The molecule has 0 radical (unpaired) electrons. The van der Waals surface area contributed by atoms with Gasteiger partial charge in [-0.25, -0.2) is 0 Å². The monoisotopic (exact) mass is 436 g/mol. The molecule has 0 aliphatic heterocycles. The van der Waals surface area contributed by atoms with Crippen molar-refractivity contribution in [3.63, 3.8) is 0 Å². The molecule has 0 nitrogen and oxygen atoms in total. The first-order valence-corrected chi connectivity index (χ1v) is 12.2. The van der Waals surface area contributed by atoms with E-state index in [1.54, 1.807) is 0 Å². The average Bonchev–Trinajstić information content (AvgIpc) is 3.23. The fraction of sp³-hybridized carbons (Fsp3) is 0.280. The minimum absolute atomic E-state index is 0.439. The first-order chi connectivity index (χ1) is 13.3. The molecule has 4 rings (SSSR count). The van der Waals surface area contributed by atoms with Crippen LogP contribution in [0.15, 0.2) is 84.9 Å². The summed E-state index contributed by atoms with van der Waals surface area (Å²) in [5.41, 5.74) is 1.48. The lowest BCUT2D eigenvalue weighted by Crippen LogP contribution is -2.24. The molecule has 3 aromatic carbocycles. The normalized spacial score (nSPS) is 15.9. The topological polar surface area (TPSA) is 0 Å². The van der Waals surface area contributed by atoms with Gasteiger partial charge in [0.1, 0.15) is 0 Å². The van der Waals surface area contributed by atoms with E-state index in [0.29, 0.717) is 4.83 Å². The number of hydrogen-bond donors (Lipinski definition) is 0. The van der Waals surface area contributed by atoms with E-state index in [4.69, 9.17) is 0 Å². The molecule has 0 bridgehead atoms. The lowest BCUT2D eigenvalue weighted by molar-refractivity contribution is 0.502. The smallest absolute Gasteiger partial charge is 0.0404 e. The maximum absolute atomic E-state index is 4.07. The molecule has 138 valence electrons. The van der Waals surface area contributed by atoms with Crippen molar-refractivity contribution in [3.8, 4) is 0 Å². The van der Waals surface area contributed by atoms with E-state index in [1.807, 2.05) is 0 Å². The van der Waals surface area contributed by atoms with Gasteiger partial charge < -0.3 is 0 Å². The van der Waals surface area contributed by atoms with Crippen LogP contribution >= 0.6 is 23.9 Å². The predicted molar refractivity (Wildman–Crippen MR) is 123 cm³/mol. The summed E-state index contributed by atoms with van der Waals surface area (Å²) in [5, 5.41) is 4.34. The first kappa shape index (κ1) is 18.9. The molecule has 1 atom stereocenters. The van der Waals surface area contributed by atoms with Crippen LogP contribution in [0.2, 0.25) is 0 Å². The van der Waals surface area contributed by atoms with Gasteiger partial charge in [-0.1, -0.05) is 127 Å². The first-order valence-electron chi connectivity index (χ1n) is 9.96. The summed E-state index contributed by atoms with van der Waals surface area (Å²) in [6.07, 6.45) is 6.87. The molecule has 3 aromatic rings. The van der Waals surface area contributed by atoms with Gasteiger partial charge in [-0.3, -0.25) is 0 Å². The molecule has 1 aliphatic rings. The third-order valence-corrected chi connectivity index (χ3v) is 8.94. The zero-order chi connectivity index (χ0) is 18.5. The highest BCUT2D eigenvalue weighted by Crippen LogP contribution is 2.41. The van der Waals surface area contributed by atoms with Crippen molar-refractivity contribution >= 4 is 39.8 Å². The summed E-state index contributed by atoms with van der Waals surface area (Å²) < 4.78 is 0. The zero-order valence-corrected chi connectivity index (χ0v) is 18.1. The van der Waals surface area contributed by atoms with Crippen LogP contribution in [-0.4, -0.2) is 0 Å². The Bertz CT molecular complexity index is 801. The third kappa shape index (κ3) is 4.53. The Hall–Kier alpha value is -1.43. The summed E-state index contributed by atoms with van der Waals surface area (Å²) in [4.78, 5) is 0.439. The molecule has 1 unspecified atom stereocenters. The van der Waals surface area contributed by atoms with Crippen molar-refractivity contribution in [2.24, 2.45) is 5.92 Å². The SMILES string of the molecule is BrC(CC1CCCC1)c1ccccc1P(c1ccccc1)c1ccccc1. The number of rotatable bonds is 6. The zero-order valence-electron chi connectivity index (χ0n) is 15.6. The fourth-order valence-corrected chi connectivity index (χ4v) is 7.83. The maximum Gasteiger partial charge on any atom is 0.0404 e. The van der Waals surface area contributed by atoms with Crippen LogP contribution in [0, 0.1) is 5.92 Å². The summed E-state index contributed by atoms with van der Waals surface area (Å²) in [6.45, 7) is 0. The van der Waals surface area contributed by atoms with Gasteiger partial charge in [0.2, 0.25) is 0 Å². The highest BCUT2D eigenvalue weighted by molar-refractivity contribution is 9.09. The van der Waals surface area contributed by atoms with Gasteiger partial charge >= 0.3 is 0 Å². The minimum atomic E-state index is -0.547. The molecular weight excluding hydrogens is 411 g/mol. The Morgan fingerprint density at radius 2 is 1.26 bits per heavy atom. The Morgan fingerprint density at radius 1 is 0.741 bits per heavy atom. The summed E-state index contributed by atoms with van der Waals surface area (Å²) in [6, 6.07) is 31.1. The number of alkyl halides is 1. The molecule has 2 heteroatoms. The van der Waals surface area contributed by atoms with Crippen LogP contribution in [0.3, 0.4) is 0 Å². The largest absolute Gasteiger partial charge is 0.0838 e. The molecule has 27 heavy (non-hydrogen) atoms. The third-order valence-electron chi connectivity index (χ3n) is 5.56. The highest BCUT2D eigenvalue weighted by atomic mass is 79.9. The Kier molecular flexibility index (Phi) is 6.43. The Balaban J connectivity index is 1.74. The second-order valence-electron chi connectivity index (χ2n) is 7.42. The van der Waals surface area contributed by atoms with E-state index in [0.717, 1.165) is 5.92 Å². The van der Waals surface area contributed by atoms with Crippen molar-refractivity contribution in [1.29, 1.82) is 0 Å². The number of halogens is 1. The van der Waals surface area contributed by atoms with Crippen LogP contribution in [0.1, 0.15) is 42.5 Å². The lowest BCUT2D eigenvalue weighted by atomic mass is 9.98. The summed E-state index contributed by atoms with van der Waals surface area (Å²) in [5.74, 6) is 0.877. The van der Waals surface area contributed by atoms with Gasteiger partial charge in [-0.2, -0.15) is 0 Å². The van der Waals surface area contributed by atoms with E-state index in [-0.39, 0.29) is 0 Å². The van der Waals surface area contributed by atoms with Gasteiger partial charge in [0.25, 0.3) is 0 Å². The van der Waals surface area contributed by atoms with Gasteiger partial charge in [0.15, 0.2) is 0 Å². The molecule has 0 heterocycles. The number of benzene rings is 3. The van der Waals surface area contributed by atoms with E-state index < -0.39 is 7.92 Å². The second kappa shape index (κ2) is 9.18. The van der Waals surface area contributed by atoms with Crippen LogP contribution in [0.25, 0.3) is 0 Å². The quantitative estimate of drug-likeness (QED) is 0.307. The fourth-order valence-electron chi connectivity index (χ4n) is 4.20. The van der Waals surface area contributed by atoms with E-state index in [1.165, 1.54) is 53.6 Å². The van der Waals surface area contributed by atoms with E-state index in [9.17, 15) is 0 Å². The summed E-state index contributed by atoms with van der Waals surface area (Å²) in [7, 11) is -0.547. The molecule has 1 aliphatic carbocycles. The maximum atomic E-state index is 4.07. The van der Waals surface area contributed by atoms with Crippen molar-refractivity contribution in [2.45, 2.75) is 36.9 Å². The molecule has 0 N–H and O–H groups in total. The molecule has 0 spiro atoms. The van der Waals surface area contributed by atoms with Crippen LogP contribution in [0.4, 0.5) is 0 Å². The molecule has 0 amide bonds. The van der Waals surface area contributed by atoms with Crippen LogP contribution < -0.4 is 15.9 Å². The van der Waals surface area contributed by atoms with Gasteiger partial charge in [0.05, 0.1) is 0 Å². The minimum Gasteiger partial charge on any atom is -0.0838 e. The van der Waals surface area contributed by atoms with Crippen molar-refractivity contribution in [3.05, 3.63) is 90.5 Å². The van der Waals surface area contributed by atoms with Crippen molar-refractivity contribution in [1.82, 2.24) is 0 Å². The van der Waals surface area contributed by atoms with E-state index in [2.05, 4.69) is 101 Å². The van der Waals surface area contributed by atoms with Crippen molar-refractivity contribution in [2.75, 3.05) is 0 Å². The molecular formula is C25H26BrP. The second-order valence-corrected chi connectivity index (χ2v) is 10.7. The summed E-state index contributed by atoms with van der Waals surface area (Å²) >= 11 is 4.07. The Morgan fingerprint density at radius 3 is 1.85 bits per heavy atom. The standard InChI is InChI=1S/C25H26BrP/c26-24(19-20-11-7-8-12-20)23-17-9-10-18-25(23)27(21-13-3-1-4-14-21)22-15-5-2-6-16-22/h1-6,9-10,13-18,20,24H,7-8,11-12,19H2. The Labute approximate surface area is 172 Å².